The Labute approximate surface area is 111 Å². The van der Waals surface area contributed by atoms with Crippen molar-refractivity contribution in [3.8, 4) is 0 Å². The number of nitrogens with one attached hydrogen (secondary N) is 2. The van der Waals surface area contributed by atoms with Gasteiger partial charge < -0.3 is 11.1 Å². The maximum atomic E-state index is 10.6. The molecule has 0 radical (unpaired) electrons. The number of halogens is 1. The highest BCUT2D eigenvalue weighted by Gasteiger charge is 2.09. The molecule has 0 atom stereocenters. The number of rotatable bonds is 4. The van der Waals surface area contributed by atoms with Crippen molar-refractivity contribution in [1.82, 2.24) is 10.2 Å². The molecule has 0 aliphatic rings. The van der Waals surface area contributed by atoms with E-state index < -0.39 is 4.92 Å². The van der Waals surface area contributed by atoms with Crippen LogP contribution in [-0.2, 0) is 6.54 Å². The van der Waals surface area contributed by atoms with Crippen molar-refractivity contribution >= 4 is 33.1 Å². The van der Waals surface area contributed by atoms with Crippen LogP contribution < -0.4 is 11.1 Å². The molecule has 0 amide bonds. The van der Waals surface area contributed by atoms with Crippen molar-refractivity contribution in [3.63, 3.8) is 0 Å². The second kappa shape index (κ2) is 5.05. The van der Waals surface area contributed by atoms with Gasteiger partial charge in [-0.05, 0) is 22.0 Å². The number of aromatic amines is 1. The Morgan fingerprint density at radius 2 is 2.33 bits per heavy atom. The van der Waals surface area contributed by atoms with Gasteiger partial charge in [-0.25, -0.2) is 0 Å². The number of benzene rings is 1. The number of nitrogens with zero attached hydrogens (tertiary/aromatic N) is 2. The quantitative estimate of drug-likeness (QED) is 0.592. The van der Waals surface area contributed by atoms with Gasteiger partial charge in [-0.3, -0.25) is 15.2 Å². The van der Waals surface area contributed by atoms with Crippen LogP contribution >= 0.6 is 15.9 Å². The number of nitro groups is 1. The van der Waals surface area contributed by atoms with Gasteiger partial charge in [0.05, 0.1) is 11.1 Å². The number of aromatic nitrogens is 2. The fraction of sp³-hybridized carbons (Fsp3) is 0.100. The molecule has 1 aromatic heterocycles. The largest absolute Gasteiger partial charge is 0.384 e. The van der Waals surface area contributed by atoms with Crippen LogP contribution in [0.15, 0.2) is 28.9 Å². The molecule has 0 saturated carbocycles. The Kier molecular flexibility index (Phi) is 3.47. The van der Waals surface area contributed by atoms with Crippen LogP contribution in [0.2, 0.25) is 0 Å². The standard InChI is InChI=1S/C10H10BrN5O2/c11-8-3-7(16(17)18)1-2-9(8)13-4-6-5-14-15-10(6)12/h1-3,5,13H,4H2,(H3,12,14,15). The average Bonchev–Trinajstić information content (AvgIpc) is 2.73. The number of nitrogen functional groups attached to an aromatic ring is 1. The van der Waals surface area contributed by atoms with Crippen LogP contribution in [0.4, 0.5) is 17.2 Å². The zero-order valence-electron chi connectivity index (χ0n) is 9.18. The summed E-state index contributed by atoms with van der Waals surface area (Å²) >= 11 is 3.28. The van der Waals surface area contributed by atoms with E-state index in [9.17, 15) is 10.1 Å². The number of hydrogen-bond acceptors (Lipinski definition) is 5. The Bertz CT molecular complexity index is 583. The first-order valence-corrected chi connectivity index (χ1v) is 5.83. The molecule has 0 aliphatic heterocycles. The highest BCUT2D eigenvalue weighted by Crippen LogP contribution is 2.27. The third-order valence-electron chi connectivity index (χ3n) is 2.38. The fourth-order valence-corrected chi connectivity index (χ4v) is 1.92. The zero-order chi connectivity index (χ0) is 13.1. The molecule has 0 spiro atoms. The molecule has 94 valence electrons. The molecule has 0 aliphatic carbocycles. The summed E-state index contributed by atoms with van der Waals surface area (Å²) in [4.78, 5) is 10.1. The lowest BCUT2D eigenvalue weighted by molar-refractivity contribution is -0.384. The minimum absolute atomic E-state index is 0.0373. The average molecular weight is 312 g/mol. The third kappa shape index (κ3) is 2.59. The summed E-state index contributed by atoms with van der Waals surface area (Å²) < 4.78 is 0.624. The number of nitro benzene ring substituents is 1. The minimum Gasteiger partial charge on any atom is -0.384 e. The molecular weight excluding hydrogens is 302 g/mol. The smallest absolute Gasteiger partial charge is 0.270 e. The van der Waals surface area contributed by atoms with Crippen LogP contribution in [0.5, 0.6) is 0 Å². The SMILES string of the molecule is Nc1[nH]ncc1CNc1ccc([N+](=O)[O-])cc1Br. The lowest BCUT2D eigenvalue weighted by Crippen LogP contribution is -2.02. The molecule has 1 aromatic carbocycles. The van der Waals surface area contributed by atoms with Crippen molar-refractivity contribution < 1.29 is 4.92 Å². The van der Waals surface area contributed by atoms with Gasteiger partial charge in [0.25, 0.3) is 5.69 Å². The van der Waals surface area contributed by atoms with Gasteiger partial charge in [0, 0.05) is 34.4 Å². The van der Waals surface area contributed by atoms with E-state index in [1.54, 1.807) is 12.3 Å². The van der Waals surface area contributed by atoms with Gasteiger partial charge in [0.1, 0.15) is 5.82 Å². The van der Waals surface area contributed by atoms with Crippen LogP contribution in [0.1, 0.15) is 5.56 Å². The number of nitrogens with two attached hydrogens (primary N) is 1. The maximum Gasteiger partial charge on any atom is 0.270 e. The summed E-state index contributed by atoms with van der Waals surface area (Å²) in [6.07, 6.45) is 1.63. The van der Waals surface area contributed by atoms with E-state index in [1.165, 1.54) is 12.1 Å². The summed E-state index contributed by atoms with van der Waals surface area (Å²) in [6, 6.07) is 4.52. The lowest BCUT2D eigenvalue weighted by Gasteiger charge is -2.07. The molecular formula is C10H10BrN5O2. The topological polar surface area (TPSA) is 110 Å². The highest BCUT2D eigenvalue weighted by molar-refractivity contribution is 9.10. The predicted molar refractivity (Wildman–Crippen MR) is 71.1 cm³/mol. The van der Waals surface area contributed by atoms with E-state index in [1.807, 2.05) is 0 Å². The Balaban J connectivity index is 2.11. The van der Waals surface area contributed by atoms with Gasteiger partial charge in [-0.1, -0.05) is 0 Å². The summed E-state index contributed by atoms with van der Waals surface area (Å²) in [6.45, 7) is 0.485. The molecule has 8 heteroatoms. The van der Waals surface area contributed by atoms with Crippen LogP contribution in [0, 0.1) is 10.1 Å². The van der Waals surface area contributed by atoms with Gasteiger partial charge in [0.2, 0.25) is 0 Å². The van der Waals surface area contributed by atoms with Crippen molar-refractivity contribution in [1.29, 1.82) is 0 Å². The van der Waals surface area contributed by atoms with E-state index in [0.717, 1.165) is 11.3 Å². The van der Waals surface area contributed by atoms with Crippen molar-refractivity contribution in [2.75, 3.05) is 11.1 Å². The molecule has 18 heavy (non-hydrogen) atoms. The van der Waals surface area contributed by atoms with Crippen molar-refractivity contribution in [3.05, 3.63) is 44.5 Å². The van der Waals surface area contributed by atoms with Crippen LogP contribution in [-0.4, -0.2) is 15.1 Å². The third-order valence-corrected chi connectivity index (χ3v) is 3.04. The summed E-state index contributed by atoms with van der Waals surface area (Å²) in [7, 11) is 0. The van der Waals surface area contributed by atoms with E-state index in [-0.39, 0.29) is 5.69 Å². The second-order valence-electron chi connectivity index (χ2n) is 3.58. The van der Waals surface area contributed by atoms with E-state index in [2.05, 4.69) is 31.4 Å². The first kappa shape index (κ1) is 12.4. The summed E-state index contributed by atoms with van der Waals surface area (Å²) in [5.41, 5.74) is 7.27. The molecule has 4 N–H and O–H groups in total. The first-order valence-electron chi connectivity index (χ1n) is 5.03. The molecule has 2 rings (SSSR count). The van der Waals surface area contributed by atoms with Gasteiger partial charge in [-0.15, -0.1) is 0 Å². The number of H-pyrrole nitrogens is 1. The number of non-ortho nitro benzene ring substituents is 1. The van der Waals surface area contributed by atoms with E-state index in [4.69, 9.17) is 5.73 Å². The molecule has 7 nitrogen and oxygen atoms in total. The lowest BCUT2D eigenvalue weighted by atomic mass is 10.2. The number of hydrogen-bond donors (Lipinski definition) is 3. The molecule has 0 bridgehead atoms. The predicted octanol–water partition coefficient (Wildman–Crippen LogP) is 2.27. The van der Waals surface area contributed by atoms with Gasteiger partial charge in [0.15, 0.2) is 0 Å². The maximum absolute atomic E-state index is 10.6. The Morgan fingerprint density at radius 1 is 1.56 bits per heavy atom. The molecule has 0 fully saturated rings. The molecule has 1 heterocycles. The normalized spacial score (nSPS) is 10.3. The van der Waals surface area contributed by atoms with Crippen molar-refractivity contribution in [2.45, 2.75) is 6.54 Å². The fourth-order valence-electron chi connectivity index (χ4n) is 1.41. The molecule has 0 unspecified atom stereocenters. The molecule has 2 aromatic rings. The first-order chi connectivity index (χ1) is 8.58. The summed E-state index contributed by atoms with van der Waals surface area (Å²) in [5.74, 6) is 0.500. The Morgan fingerprint density at radius 3 is 2.89 bits per heavy atom. The monoisotopic (exact) mass is 311 g/mol. The Hall–Kier alpha value is -2.09. The highest BCUT2D eigenvalue weighted by atomic mass is 79.9. The zero-order valence-corrected chi connectivity index (χ0v) is 10.8. The van der Waals surface area contributed by atoms with Gasteiger partial charge in [-0.2, -0.15) is 5.10 Å². The minimum atomic E-state index is -0.442. The van der Waals surface area contributed by atoms with Crippen LogP contribution in [0.3, 0.4) is 0 Å². The van der Waals surface area contributed by atoms with Gasteiger partial charge >= 0.3 is 0 Å². The number of anilines is 2. The van der Waals surface area contributed by atoms with Crippen molar-refractivity contribution in [2.24, 2.45) is 0 Å². The summed E-state index contributed by atoms with van der Waals surface area (Å²) in [5, 5.41) is 20.1. The van der Waals surface area contributed by atoms with E-state index in [0.29, 0.717) is 16.8 Å². The molecule has 0 saturated heterocycles. The van der Waals surface area contributed by atoms with E-state index >= 15 is 0 Å². The second-order valence-corrected chi connectivity index (χ2v) is 4.44. The van der Waals surface area contributed by atoms with Crippen LogP contribution in [0.25, 0.3) is 0 Å².